The van der Waals surface area contributed by atoms with Crippen molar-refractivity contribution in [2.75, 3.05) is 17.3 Å². The Bertz CT molecular complexity index is 1470. The van der Waals surface area contributed by atoms with Crippen molar-refractivity contribution in [1.82, 2.24) is 14.9 Å². The quantitative estimate of drug-likeness (QED) is 0.290. The van der Waals surface area contributed by atoms with Gasteiger partial charge in [-0.15, -0.1) is 0 Å². The zero-order valence-electron chi connectivity index (χ0n) is 21.9. The van der Waals surface area contributed by atoms with Gasteiger partial charge in [-0.3, -0.25) is 9.78 Å². The summed E-state index contributed by atoms with van der Waals surface area (Å²) in [6.45, 7) is 5.76. The van der Waals surface area contributed by atoms with Gasteiger partial charge in [-0.1, -0.05) is 32.0 Å². The second-order valence-electron chi connectivity index (χ2n) is 9.61. The number of pyridine rings is 1. The molecule has 3 heterocycles. The zero-order valence-corrected chi connectivity index (χ0v) is 22.7. The van der Waals surface area contributed by atoms with E-state index in [1.807, 2.05) is 87.6 Å². The van der Waals surface area contributed by atoms with E-state index in [0.717, 1.165) is 39.8 Å². The Balaban J connectivity index is 1.62. The number of rotatable bonds is 7. The molecule has 0 spiro atoms. The average Bonchev–Trinajstić information content (AvgIpc) is 3.54. The molecule has 1 amide bonds. The van der Waals surface area contributed by atoms with Crippen molar-refractivity contribution >= 4 is 34.6 Å². The molecule has 0 unspecified atom stereocenters. The molecule has 1 saturated heterocycles. The first-order valence-corrected chi connectivity index (χ1v) is 13.0. The smallest absolute Gasteiger partial charge is 0.226 e. The first-order valence-electron chi connectivity index (χ1n) is 12.6. The topological polar surface area (TPSA) is 71.4 Å². The number of carbonyl (C=O) groups is 1. The van der Waals surface area contributed by atoms with Crippen LogP contribution < -0.4 is 20.3 Å². The number of para-hydroxylation sites is 2. The second kappa shape index (κ2) is 10.7. The number of anilines is 2. The SMILES string of the molecule is COc1ccccc1-n1cccc1[C@@H]1[C@H](c2ccccn2)NC(=S)N1c1ccc(NC(=O)C(C)C)c(C)c1. The lowest BCUT2D eigenvalue weighted by molar-refractivity contribution is -0.118. The fourth-order valence-electron chi connectivity index (χ4n) is 4.83. The number of methoxy groups -OCH3 is 1. The number of benzene rings is 2. The van der Waals surface area contributed by atoms with Crippen molar-refractivity contribution in [3.05, 3.63) is 102 Å². The third kappa shape index (κ3) is 4.75. The van der Waals surface area contributed by atoms with Crippen molar-refractivity contribution in [3.8, 4) is 11.4 Å². The Morgan fingerprint density at radius 1 is 1.08 bits per heavy atom. The number of hydrogen-bond donors (Lipinski definition) is 2. The van der Waals surface area contributed by atoms with Gasteiger partial charge in [-0.2, -0.15) is 0 Å². The molecule has 5 rings (SSSR count). The minimum absolute atomic E-state index is 0.0121. The van der Waals surface area contributed by atoms with Gasteiger partial charge >= 0.3 is 0 Å². The Morgan fingerprint density at radius 3 is 2.58 bits per heavy atom. The molecule has 1 fully saturated rings. The first-order chi connectivity index (χ1) is 18.4. The summed E-state index contributed by atoms with van der Waals surface area (Å²) in [6.07, 6.45) is 3.84. The first kappa shape index (κ1) is 25.5. The molecule has 2 aromatic heterocycles. The second-order valence-corrected chi connectivity index (χ2v) is 10.0. The molecule has 194 valence electrons. The third-order valence-electron chi connectivity index (χ3n) is 6.80. The van der Waals surface area contributed by atoms with Crippen LogP contribution in [0, 0.1) is 12.8 Å². The molecule has 4 aromatic rings. The van der Waals surface area contributed by atoms with Crippen LogP contribution in [0.4, 0.5) is 11.4 Å². The van der Waals surface area contributed by atoms with Crippen LogP contribution in [0.3, 0.4) is 0 Å². The molecule has 0 aliphatic carbocycles. The summed E-state index contributed by atoms with van der Waals surface area (Å²) in [5.41, 5.74) is 5.55. The van der Waals surface area contributed by atoms with E-state index in [4.69, 9.17) is 17.0 Å². The maximum Gasteiger partial charge on any atom is 0.226 e. The van der Waals surface area contributed by atoms with Gasteiger partial charge in [0.1, 0.15) is 11.8 Å². The lowest BCUT2D eigenvalue weighted by Gasteiger charge is -2.29. The van der Waals surface area contributed by atoms with Gasteiger partial charge in [-0.25, -0.2) is 0 Å². The molecule has 1 aliphatic rings. The Hall–Kier alpha value is -4.17. The van der Waals surface area contributed by atoms with E-state index < -0.39 is 0 Å². The summed E-state index contributed by atoms with van der Waals surface area (Å²) in [7, 11) is 1.68. The number of nitrogens with one attached hydrogen (secondary N) is 2. The molecular weight excluding hydrogens is 494 g/mol. The van der Waals surface area contributed by atoms with Crippen molar-refractivity contribution in [1.29, 1.82) is 0 Å². The number of thiocarbonyl (C=S) groups is 1. The Morgan fingerprint density at radius 2 is 1.87 bits per heavy atom. The van der Waals surface area contributed by atoms with Crippen LogP contribution in [-0.2, 0) is 4.79 Å². The summed E-state index contributed by atoms with van der Waals surface area (Å²) in [5, 5.41) is 7.16. The van der Waals surface area contributed by atoms with E-state index in [-0.39, 0.29) is 23.9 Å². The maximum absolute atomic E-state index is 12.3. The van der Waals surface area contributed by atoms with Crippen molar-refractivity contribution in [2.24, 2.45) is 5.92 Å². The Kier molecular flexibility index (Phi) is 7.15. The molecule has 0 saturated carbocycles. The zero-order chi connectivity index (χ0) is 26.8. The number of carbonyl (C=O) groups excluding carboxylic acids is 1. The summed E-state index contributed by atoms with van der Waals surface area (Å²) < 4.78 is 7.83. The van der Waals surface area contributed by atoms with E-state index in [1.54, 1.807) is 13.3 Å². The van der Waals surface area contributed by atoms with E-state index in [0.29, 0.717) is 5.11 Å². The van der Waals surface area contributed by atoms with Crippen molar-refractivity contribution in [2.45, 2.75) is 32.9 Å². The van der Waals surface area contributed by atoms with Crippen LogP contribution in [-0.4, -0.2) is 27.7 Å². The maximum atomic E-state index is 12.3. The van der Waals surface area contributed by atoms with Crippen LogP contribution in [0.2, 0.25) is 0 Å². The molecule has 0 bridgehead atoms. The Labute approximate surface area is 228 Å². The highest BCUT2D eigenvalue weighted by Crippen LogP contribution is 2.43. The summed E-state index contributed by atoms with van der Waals surface area (Å²) >= 11 is 5.92. The molecule has 2 atom stereocenters. The standard InChI is InChI=1S/C30H31N5O2S/c1-19(2)29(36)32-22-15-14-21(18-20(22)3)35-28(27(33-30(35)38)23-10-7-8-16-31-23)25-12-9-17-34(25)24-11-5-6-13-26(24)37-4/h5-19,27-28H,1-4H3,(H,32,36)(H,33,38)/t27-,28+/m0/s1. The van der Waals surface area contributed by atoms with E-state index >= 15 is 0 Å². The highest BCUT2D eigenvalue weighted by atomic mass is 32.1. The number of amides is 1. The molecule has 7 nitrogen and oxygen atoms in total. The fourth-order valence-corrected chi connectivity index (χ4v) is 5.18. The fraction of sp³-hybridized carbons (Fsp3) is 0.233. The van der Waals surface area contributed by atoms with Gasteiger partial charge in [0.05, 0.1) is 24.5 Å². The highest BCUT2D eigenvalue weighted by molar-refractivity contribution is 7.80. The van der Waals surface area contributed by atoms with Crippen molar-refractivity contribution < 1.29 is 9.53 Å². The van der Waals surface area contributed by atoms with Gasteiger partial charge in [0, 0.05) is 35.4 Å². The van der Waals surface area contributed by atoms with Gasteiger partial charge in [0.2, 0.25) is 5.91 Å². The average molecular weight is 526 g/mol. The van der Waals surface area contributed by atoms with E-state index in [1.165, 1.54) is 0 Å². The van der Waals surface area contributed by atoms with Crippen LogP contribution in [0.1, 0.15) is 42.9 Å². The molecule has 8 heteroatoms. The number of aromatic nitrogens is 2. The van der Waals surface area contributed by atoms with Gasteiger partial charge in [0.15, 0.2) is 5.11 Å². The number of ether oxygens (including phenoxy) is 1. The molecule has 2 aromatic carbocycles. The van der Waals surface area contributed by atoms with Crippen LogP contribution in [0.5, 0.6) is 5.75 Å². The van der Waals surface area contributed by atoms with E-state index in [2.05, 4.69) is 37.2 Å². The number of aryl methyl sites for hydroxylation is 1. The van der Waals surface area contributed by atoms with Crippen LogP contribution in [0.15, 0.2) is 85.2 Å². The molecular formula is C30H31N5O2S. The normalized spacial score (nSPS) is 17.0. The van der Waals surface area contributed by atoms with E-state index in [9.17, 15) is 4.79 Å². The lowest BCUT2D eigenvalue weighted by atomic mass is 10.00. The minimum atomic E-state index is -0.201. The summed E-state index contributed by atoms with van der Waals surface area (Å²) in [4.78, 5) is 19.1. The van der Waals surface area contributed by atoms with Crippen molar-refractivity contribution in [3.63, 3.8) is 0 Å². The van der Waals surface area contributed by atoms with Crippen LogP contribution in [0.25, 0.3) is 5.69 Å². The van der Waals surface area contributed by atoms with Crippen LogP contribution >= 0.6 is 12.2 Å². The molecule has 1 aliphatic heterocycles. The predicted octanol–water partition coefficient (Wildman–Crippen LogP) is 5.96. The van der Waals surface area contributed by atoms with Gasteiger partial charge in [0.25, 0.3) is 0 Å². The highest BCUT2D eigenvalue weighted by Gasteiger charge is 2.42. The molecule has 2 N–H and O–H groups in total. The minimum Gasteiger partial charge on any atom is -0.495 e. The number of nitrogens with zero attached hydrogens (tertiary/aromatic N) is 3. The largest absolute Gasteiger partial charge is 0.495 e. The summed E-state index contributed by atoms with van der Waals surface area (Å²) in [5.74, 6) is 0.665. The predicted molar refractivity (Wildman–Crippen MR) is 155 cm³/mol. The molecule has 0 radical (unpaired) electrons. The summed E-state index contributed by atoms with van der Waals surface area (Å²) in [6, 6.07) is 23.6. The van der Waals surface area contributed by atoms with Gasteiger partial charge < -0.3 is 24.8 Å². The lowest BCUT2D eigenvalue weighted by Crippen LogP contribution is -2.30. The monoisotopic (exact) mass is 525 g/mol. The molecule has 38 heavy (non-hydrogen) atoms. The third-order valence-corrected chi connectivity index (χ3v) is 7.11. The number of hydrogen-bond acceptors (Lipinski definition) is 4. The van der Waals surface area contributed by atoms with Gasteiger partial charge in [-0.05, 0) is 79.3 Å².